The highest BCUT2D eigenvalue weighted by Gasteiger charge is 2.38. The van der Waals surface area contributed by atoms with Crippen LogP contribution in [0.2, 0.25) is 0 Å². The third kappa shape index (κ3) is 2.90. The predicted octanol–water partition coefficient (Wildman–Crippen LogP) is 1.26. The Labute approximate surface area is 101 Å². The first-order valence-corrected chi connectivity index (χ1v) is 6.78. The van der Waals surface area contributed by atoms with Crippen molar-refractivity contribution in [1.29, 1.82) is 0 Å². The maximum absolute atomic E-state index is 5.40. The normalized spacial score (nSPS) is 28.2. The third-order valence-corrected chi connectivity index (χ3v) is 4.23. The number of hydrogen-bond donors (Lipinski definition) is 1. The summed E-state index contributed by atoms with van der Waals surface area (Å²) in [6, 6.07) is 0.231. The maximum atomic E-state index is 5.40. The Bertz CT molecular complexity index is 265. The summed E-state index contributed by atoms with van der Waals surface area (Å²) in [5, 5.41) is 4.65. The van der Waals surface area contributed by atoms with Gasteiger partial charge in [-0.25, -0.2) is 0 Å². The van der Waals surface area contributed by atoms with Crippen LogP contribution in [0.3, 0.4) is 0 Å². The Morgan fingerprint density at radius 3 is 3.00 bits per heavy atom. The topological polar surface area (TPSA) is 42.8 Å². The molecule has 1 unspecified atom stereocenters. The van der Waals surface area contributed by atoms with Gasteiger partial charge < -0.3 is 14.8 Å². The number of nitrogens with one attached hydrogen (secondary N) is 1. The Hall–Kier alpha value is -0.260. The van der Waals surface area contributed by atoms with E-state index in [9.17, 15) is 0 Å². The number of amidine groups is 1. The predicted molar refractivity (Wildman–Crippen MR) is 67.2 cm³/mol. The number of ether oxygens (including phenoxy) is 2. The molecule has 0 aromatic carbocycles. The van der Waals surface area contributed by atoms with Crippen LogP contribution in [0.1, 0.15) is 19.8 Å². The van der Waals surface area contributed by atoms with E-state index in [1.165, 1.54) is 0 Å². The summed E-state index contributed by atoms with van der Waals surface area (Å²) in [6.45, 7) is 4.50. The zero-order valence-corrected chi connectivity index (χ0v) is 10.8. The molecule has 0 aromatic rings. The van der Waals surface area contributed by atoms with Crippen molar-refractivity contribution in [2.75, 3.05) is 32.7 Å². The lowest BCUT2D eigenvalue weighted by Gasteiger charge is -2.32. The summed E-state index contributed by atoms with van der Waals surface area (Å²) < 4.78 is 10.5. The fourth-order valence-corrected chi connectivity index (χ4v) is 3.40. The Kier molecular flexibility index (Phi) is 4.10. The molecule has 0 saturated carbocycles. The molecule has 1 spiro atoms. The van der Waals surface area contributed by atoms with Gasteiger partial charge in [-0.3, -0.25) is 4.99 Å². The average Bonchev–Trinajstić information content (AvgIpc) is 2.63. The largest absolute Gasteiger partial charge is 0.382 e. The second-order valence-corrected chi connectivity index (χ2v) is 5.51. The van der Waals surface area contributed by atoms with Crippen molar-refractivity contribution in [2.24, 2.45) is 4.99 Å². The van der Waals surface area contributed by atoms with Gasteiger partial charge in [-0.1, -0.05) is 11.8 Å². The summed E-state index contributed by atoms with van der Waals surface area (Å²) in [6.07, 6.45) is 2.19. The van der Waals surface area contributed by atoms with Gasteiger partial charge in [-0.15, -0.1) is 0 Å². The lowest BCUT2D eigenvalue weighted by atomic mass is 9.93. The zero-order valence-electron chi connectivity index (χ0n) is 9.99. The highest BCUT2D eigenvalue weighted by atomic mass is 32.2. The van der Waals surface area contributed by atoms with Gasteiger partial charge >= 0.3 is 0 Å². The molecule has 16 heavy (non-hydrogen) atoms. The number of nitrogens with zero attached hydrogens (tertiary/aromatic N) is 1. The smallest absolute Gasteiger partial charge is 0.157 e. The molecule has 0 bridgehead atoms. The summed E-state index contributed by atoms with van der Waals surface area (Å²) in [5.74, 6) is 1.12. The SMILES string of the molecule is COCC(C)N=C1NC2(CCOCC2)CS1. The van der Waals surface area contributed by atoms with Gasteiger partial charge in [0, 0.05) is 26.1 Å². The van der Waals surface area contributed by atoms with Crippen molar-refractivity contribution in [1.82, 2.24) is 5.32 Å². The van der Waals surface area contributed by atoms with Crippen molar-refractivity contribution in [3.63, 3.8) is 0 Å². The number of hydrogen-bond acceptors (Lipinski definition) is 4. The molecule has 2 fully saturated rings. The van der Waals surface area contributed by atoms with Crippen molar-refractivity contribution in [2.45, 2.75) is 31.3 Å². The van der Waals surface area contributed by atoms with Crippen LogP contribution in [-0.4, -0.2) is 49.4 Å². The zero-order chi connectivity index (χ0) is 11.4. The third-order valence-electron chi connectivity index (χ3n) is 3.05. The molecule has 2 heterocycles. The van der Waals surface area contributed by atoms with Crippen molar-refractivity contribution in [3.05, 3.63) is 0 Å². The van der Waals surface area contributed by atoms with Crippen molar-refractivity contribution >= 4 is 16.9 Å². The lowest BCUT2D eigenvalue weighted by Crippen LogP contribution is -2.48. The van der Waals surface area contributed by atoms with Crippen LogP contribution in [0, 0.1) is 0 Å². The second-order valence-electron chi connectivity index (χ2n) is 4.54. The molecule has 0 radical (unpaired) electrons. The van der Waals surface area contributed by atoms with E-state index in [-0.39, 0.29) is 11.6 Å². The first-order chi connectivity index (χ1) is 7.74. The number of methoxy groups -OCH3 is 1. The molecule has 2 aliphatic rings. The fourth-order valence-electron chi connectivity index (χ4n) is 2.09. The van der Waals surface area contributed by atoms with E-state index in [0.717, 1.165) is 37.0 Å². The minimum Gasteiger partial charge on any atom is -0.382 e. The summed E-state index contributed by atoms with van der Waals surface area (Å²) in [7, 11) is 1.71. The van der Waals surface area contributed by atoms with Gasteiger partial charge in [0.2, 0.25) is 0 Å². The Morgan fingerprint density at radius 2 is 2.31 bits per heavy atom. The van der Waals surface area contributed by atoms with Crippen molar-refractivity contribution in [3.8, 4) is 0 Å². The molecule has 92 valence electrons. The highest BCUT2D eigenvalue weighted by Crippen LogP contribution is 2.31. The van der Waals surface area contributed by atoms with E-state index >= 15 is 0 Å². The van der Waals surface area contributed by atoms with Gasteiger partial charge in [0.05, 0.1) is 18.2 Å². The fraction of sp³-hybridized carbons (Fsp3) is 0.909. The second kappa shape index (κ2) is 5.38. The molecule has 4 nitrogen and oxygen atoms in total. The standard InChI is InChI=1S/C11H20N2O2S/c1-9(7-14-2)12-10-13-11(8-16-10)3-5-15-6-4-11/h9H,3-8H2,1-2H3,(H,12,13). The molecule has 0 aromatic heterocycles. The first kappa shape index (κ1) is 12.2. The molecule has 0 aliphatic carbocycles. The van der Waals surface area contributed by atoms with E-state index in [0.29, 0.717) is 6.61 Å². The molecular formula is C11H20N2O2S. The summed E-state index contributed by atoms with van der Waals surface area (Å²) >= 11 is 1.83. The average molecular weight is 244 g/mol. The number of aliphatic imine (C=N–C) groups is 1. The first-order valence-electron chi connectivity index (χ1n) is 5.80. The molecule has 2 saturated heterocycles. The molecule has 2 aliphatic heterocycles. The van der Waals surface area contributed by atoms with Gasteiger partial charge in [0.25, 0.3) is 0 Å². The van der Waals surface area contributed by atoms with Crippen LogP contribution in [0.5, 0.6) is 0 Å². The quantitative estimate of drug-likeness (QED) is 0.812. The van der Waals surface area contributed by atoms with E-state index in [4.69, 9.17) is 9.47 Å². The molecule has 1 atom stereocenters. The van der Waals surface area contributed by atoms with E-state index in [1.54, 1.807) is 7.11 Å². The van der Waals surface area contributed by atoms with Crippen LogP contribution < -0.4 is 5.32 Å². The van der Waals surface area contributed by atoms with Crippen LogP contribution >= 0.6 is 11.8 Å². The summed E-state index contributed by atoms with van der Waals surface area (Å²) in [5.41, 5.74) is 0.245. The number of thioether (sulfide) groups is 1. The Balaban J connectivity index is 1.91. The van der Waals surface area contributed by atoms with Gasteiger partial charge in [-0.05, 0) is 19.8 Å². The number of rotatable bonds is 3. The van der Waals surface area contributed by atoms with E-state index in [1.807, 2.05) is 11.8 Å². The molecule has 5 heteroatoms. The molecule has 2 rings (SSSR count). The Morgan fingerprint density at radius 1 is 1.56 bits per heavy atom. The van der Waals surface area contributed by atoms with Gasteiger partial charge in [0.15, 0.2) is 5.17 Å². The lowest BCUT2D eigenvalue weighted by molar-refractivity contribution is 0.0555. The van der Waals surface area contributed by atoms with E-state index < -0.39 is 0 Å². The highest BCUT2D eigenvalue weighted by molar-refractivity contribution is 8.14. The minimum atomic E-state index is 0.231. The van der Waals surface area contributed by atoms with Crippen LogP contribution in [-0.2, 0) is 9.47 Å². The van der Waals surface area contributed by atoms with Crippen LogP contribution in [0.15, 0.2) is 4.99 Å². The minimum absolute atomic E-state index is 0.231. The molecule has 0 amide bonds. The molecular weight excluding hydrogens is 224 g/mol. The maximum Gasteiger partial charge on any atom is 0.157 e. The van der Waals surface area contributed by atoms with Crippen LogP contribution in [0.4, 0.5) is 0 Å². The van der Waals surface area contributed by atoms with Gasteiger partial charge in [-0.2, -0.15) is 0 Å². The van der Waals surface area contributed by atoms with Crippen molar-refractivity contribution < 1.29 is 9.47 Å². The molecule has 1 N–H and O–H groups in total. The van der Waals surface area contributed by atoms with Crippen LogP contribution in [0.25, 0.3) is 0 Å². The van der Waals surface area contributed by atoms with E-state index in [2.05, 4.69) is 17.2 Å². The summed E-state index contributed by atoms with van der Waals surface area (Å²) in [4.78, 5) is 4.62. The van der Waals surface area contributed by atoms with Gasteiger partial charge in [0.1, 0.15) is 0 Å². The monoisotopic (exact) mass is 244 g/mol.